The molecule has 0 aliphatic rings. The predicted octanol–water partition coefficient (Wildman–Crippen LogP) is 3.89. The fourth-order valence-corrected chi connectivity index (χ4v) is 2.44. The van der Waals surface area contributed by atoms with Crippen molar-refractivity contribution < 1.29 is 9.50 Å². The van der Waals surface area contributed by atoms with E-state index >= 15 is 0 Å². The Hall–Kier alpha value is -2.56. The lowest BCUT2D eigenvalue weighted by Crippen LogP contribution is -2.06. The molecule has 3 N–H and O–H groups in total. The molecule has 0 saturated carbocycles. The normalized spacial score (nSPS) is 12.5. The van der Waals surface area contributed by atoms with Gasteiger partial charge in [-0.1, -0.05) is 6.07 Å². The van der Waals surface area contributed by atoms with Crippen LogP contribution >= 0.6 is 0 Å². The molecule has 1 atom stereocenters. The average molecular weight is 285 g/mol. The van der Waals surface area contributed by atoms with Crippen molar-refractivity contribution in [3.63, 3.8) is 0 Å². The molecule has 108 valence electrons. The number of halogens is 1. The predicted molar refractivity (Wildman–Crippen MR) is 80.9 cm³/mol. The number of anilines is 1. The molecule has 0 fully saturated rings. The highest BCUT2D eigenvalue weighted by atomic mass is 19.1. The third kappa shape index (κ3) is 2.67. The highest BCUT2D eigenvalue weighted by Gasteiger charge is 2.11. The van der Waals surface area contributed by atoms with Gasteiger partial charge in [0.05, 0.1) is 17.1 Å². The Bertz CT molecular complexity index is 797. The Labute approximate surface area is 121 Å². The first-order valence-corrected chi connectivity index (χ1v) is 6.74. The number of phenolic OH excluding ortho intramolecular Hbond substituents is 1. The molecule has 0 saturated heterocycles. The summed E-state index contributed by atoms with van der Waals surface area (Å²) >= 11 is 0. The number of fused-ring (bicyclic) bond motifs is 1. The standard InChI is InChI=1S/C16H16FN3O/c1-9(13-5-3-11(17)7-16(13)21)18-12-4-6-14-15(8-12)20-10(2)19-14/h3-9,18,21H,1-2H3,(H,19,20). The second-order valence-corrected chi connectivity index (χ2v) is 5.12. The van der Waals surface area contributed by atoms with Gasteiger partial charge in [0.15, 0.2) is 0 Å². The van der Waals surface area contributed by atoms with Gasteiger partial charge in [0.1, 0.15) is 17.4 Å². The highest BCUT2D eigenvalue weighted by Crippen LogP contribution is 2.28. The van der Waals surface area contributed by atoms with Gasteiger partial charge in [-0.05, 0) is 38.1 Å². The van der Waals surface area contributed by atoms with Crippen molar-refractivity contribution in [2.75, 3.05) is 5.32 Å². The SMILES string of the molecule is Cc1nc2ccc(NC(C)c3ccc(F)cc3O)cc2[nH]1. The molecule has 2 aromatic carbocycles. The smallest absolute Gasteiger partial charge is 0.126 e. The molecule has 0 radical (unpaired) electrons. The number of rotatable bonds is 3. The lowest BCUT2D eigenvalue weighted by Gasteiger charge is -2.17. The Morgan fingerprint density at radius 2 is 2.05 bits per heavy atom. The summed E-state index contributed by atoms with van der Waals surface area (Å²) < 4.78 is 13.0. The van der Waals surface area contributed by atoms with Crippen molar-refractivity contribution in [2.24, 2.45) is 0 Å². The van der Waals surface area contributed by atoms with Gasteiger partial charge in [-0.15, -0.1) is 0 Å². The first kappa shape index (κ1) is 13.4. The number of hydrogen-bond acceptors (Lipinski definition) is 3. The Kier molecular flexibility index (Phi) is 3.25. The fourth-order valence-electron chi connectivity index (χ4n) is 2.44. The Balaban J connectivity index is 1.86. The van der Waals surface area contributed by atoms with Crippen molar-refractivity contribution in [2.45, 2.75) is 19.9 Å². The van der Waals surface area contributed by atoms with Crippen LogP contribution in [0.5, 0.6) is 5.75 Å². The Morgan fingerprint density at radius 1 is 1.24 bits per heavy atom. The van der Waals surface area contributed by atoms with Crippen molar-refractivity contribution in [1.29, 1.82) is 0 Å². The number of phenols is 1. The summed E-state index contributed by atoms with van der Waals surface area (Å²) in [5.41, 5.74) is 3.42. The summed E-state index contributed by atoms with van der Waals surface area (Å²) in [6.45, 7) is 3.82. The van der Waals surface area contributed by atoms with Crippen molar-refractivity contribution in [3.8, 4) is 5.75 Å². The van der Waals surface area contributed by atoms with Gasteiger partial charge >= 0.3 is 0 Å². The molecule has 1 heterocycles. The number of nitrogens with zero attached hydrogens (tertiary/aromatic N) is 1. The zero-order valence-corrected chi connectivity index (χ0v) is 11.8. The first-order chi connectivity index (χ1) is 10.0. The lowest BCUT2D eigenvalue weighted by molar-refractivity contribution is 0.459. The van der Waals surface area contributed by atoms with Gasteiger partial charge in [-0.25, -0.2) is 9.37 Å². The Morgan fingerprint density at radius 3 is 2.81 bits per heavy atom. The van der Waals surface area contributed by atoms with Crippen molar-refractivity contribution in [1.82, 2.24) is 9.97 Å². The molecule has 0 aliphatic heterocycles. The van der Waals surface area contributed by atoms with Crippen LogP contribution in [0, 0.1) is 12.7 Å². The minimum absolute atomic E-state index is 0.0477. The molecular weight excluding hydrogens is 269 g/mol. The molecule has 1 unspecified atom stereocenters. The largest absolute Gasteiger partial charge is 0.507 e. The number of aromatic nitrogens is 2. The minimum atomic E-state index is -0.446. The quantitative estimate of drug-likeness (QED) is 0.684. The van der Waals surface area contributed by atoms with E-state index in [0.717, 1.165) is 28.6 Å². The van der Waals surface area contributed by atoms with E-state index in [9.17, 15) is 9.50 Å². The molecule has 1 aromatic heterocycles. The van der Waals surface area contributed by atoms with Crippen LogP contribution in [0.4, 0.5) is 10.1 Å². The number of benzene rings is 2. The molecular formula is C16H16FN3O. The average Bonchev–Trinajstić information content (AvgIpc) is 2.77. The lowest BCUT2D eigenvalue weighted by atomic mass is 10.1. The molecule has 0 bridgehead atoms. The van der Waals surface area contributed by atoms with E-state index in [1.165, 1.54) is 6.07 Å². The topological polar surface area (TPSA) is 60.9 Å². The zero-order chi connectivity index (χ0) is 15.0. The van der Waals surface area contributed by atoms with Gasteiger partial charge in [0, 0.05) is 17.3 Å². The molecule has 21 heavy (non-hydrogen) atoms. The minimum Gasteiger partial charge on any atom is -0.507 e. The van der Waals surface area contributed by atoms with Crippen molar-refractivity contribution in [3.05, 3.63) is 53.6 Å². The maximum atomic E-state index is 13.0. The van der Waals surface area contributed by atoms with E-state index in [0.29, 0.717) is 5.56 Å². The van der Waals surface area contributed by atoms with E-state index < -0.39 is 5.82 Å². The molecule has 3 aromatic rings. The van der Waals surface area contributed by atoms with E-state index in [2.05, 4.69) is 15.3 Å². The first-order valence-electron chi connectivity index (χ1n) is 6.74. The number of aromatic amines is 1. The molecule has 5 heteroatoms. The van der Waals surface area contributed by atoms with Crippen LogP contribution in [-0.4, -0.2) is 15.1 Å². The maximum Gasteiger partial charge on any atom is 0.126 e. The third-order valence-electron chi connectivity index (χ3n) is 3.44. The second kappa shape index (κ2) is 5.09. The van der Waals surface area contributed by atoms with Gasteiger partial charge in [-0.3, -0.25) is 0 Å². The van der Waals surface area contributed by atoms with Gasteiger partial charge in [-0.2, -0.15) is 0 Å². The van der Waals surface area contributed by atoms with E-state index in [1.54, 1.807) is 6.07 Å². The van der Waals surface area contributed by atoms with E-state index in [4.69, 9.17) is 0 Å². The number of imidazole rings is 1. The summed E-state index contributed by atoms with van der Waals surface area (Å²) in [7, 11) is 0. The number of aromatic hydroxyl groups is 1. The number of H-pyrrole nitrogens is 1. The molecule has 0 spiro atoms. The van der Waals surface area contributed by atoms with Crippen LogP contribution in [0.3, 0.4) is 0 Å². The molecule has 3 rings (SSSR count). The number of aryl methyl sites for hydroxylation is 1. The van der Waals surface area contributed by atoms with Gasteiger partial charge in [0.25, 0.3) is 0 Å². The third-order valence-corrected chi connectivity index (χ3v) is 3.44. The summed E-state index contributed by atoms with van der Waals surface area (Å²) in [5, 5.41) is 13.1. The van der Waals surface area contributed by atoms with Crippen LogP contribution in [0.1, 0.15) is 24.4 Å². The van der Waals surface area contributed by atoms with Crippen molar-refractivity contribution >= 4 is 16.7 Å². The summed E-state index contributed by atoms with van der Waals surface area (Å²) in [5.74, 6) is 0.373. The number of nitrogens with one attached hydrogen (secondary N) is 2. The summed E-state index contributed by atoms with van der Waals surface area (Å²) in [6.07, 6.45) is 0. The fraction of sp³-hybridized carbons (Fsp3) is 0.188. The van der Waals surface area contributed by atoms with Crippen LogP contribution in [0.2, 0.25) is 0 Å². The zero-order valence-electron chi connectivity index (χ0n) is 11.8. The van der Waals surface area contributed by atoms with Crippen LogP contribution in [-0.2, 0) is 0 Å². The van der Waals surface area contributed by atoms with E-state index in [-0.39, 0.29) is 11.8 Å². The van der Waals surface area contributed by atoms with Gasteiger partial charge in [0.2, 0.25) is 0 Å². The summed E-state index contributed by atoms with van der Waals surface area (Å²) in [6, 6.07) is 9.72. The van der Waals surface area contributed by atoms with Crippen LogP contribution < -0.4 is 5.32 Å². The van der Waals surface area contributed by atoms with Crippen LogP contribution in [0.25, 0.3) is 11.0 Å². The number of hydrogen-bond donors (Lipinski definition) is 3. The summed E-state index contributed by atoms with van der Waals surface area (Å²) in [4.78, 5) is 7.53. The van der Waals surface area contributed by atoms with E-state index in [1.807, 2.05) is 32.0 Å². The second-order valence-electron chi connectivity index (χ2n) is 5.12. The maximum absolute atomic E-state index is 13.0. The van der Waals surface area contributed by atoms with Crippen LogP contribution in [0.15, 0.2) is 36.4 Å². The molecule has 4 nitrogen and oxygen atoms in total. The monoisotopic (exact) mass is 285 g/mol. The molecule has 0 amide bonds. The highest BCUT2D eigenvalue weighted by molar-refractivity contribution is 5.79. The van der Waals surface area contributed by atoms with Gasteiger partial charge < -0.3 is 15.4 Å². The molecule has 0 aliphatic carbocycles.